The third kappa shape index (κ3) is 2.74. The molecule has 1 aliphatic heterocycles. The van der Waals surface area contributed by atoms with Crippen molar-refractivity contribution in [2.45, 2.75) is 52.0 Å². The number of methoxy groups -OCH3 is 1. The van der Waals surface area contributed by atoms with E-state index in [2.05, 4.69) is 28.2 Å². The number of aromatic amines is 1. The summed E-state index contributed by atoms with van der Waals surface area (Å²) in [6, 6.07) is 5.02. The van der Waals surface area contributed by atoms with Crippen LogP contribution in [-0.4, -0.2) is 36.1 Å². The number of hydrogen-bond acceptors (Lipinski definition) is 2. The van der Waals surface area contributed by atoms with Crippen LogP contribution in [0.3, 0.4) is 0 Å². The van der Waals surface area contributed by atoms with Crippen LogP contribution in [0.2, 0.25) is 0 Å². The van der Waals surface area contributed by atoms with Crippen molar-refractivity contribution in [2.24, 2.45) is 0 Å². The van der Waals surface area contributed by atoms with Gasteiger partial charge < -0.3 is 9.72 Å². The smallest absolute Gasteiger partial charge is 0.121 e. The van der Waals surface area contributed by atoms with Gasteiger partial charge in [0.15, 0.2) is 0 Å². The lowest BCUT2D eigenvalue weighted by Gasteiger charge is -2.36. The number of likely N-dealkylation sites (tertiary alicyclic amines) is 1. The number of rotatable bonds is 2. The molecule has 3 heteroatoms. The Balaban J connectivity index is 0.000000693. The van der Waals surface area contributed by atoms with Gasteiger partial charge in [0.05, 0.1) is 7.11 Å². The topological polar surface area (TPSA) is 28.3 Å². The van der Waals surface area contributed by atoms with Gasteiger partial charge >= 0.3 is 0 Å². The van der Waals surface area contributed by atoms with Gasteiger partial charge in [-0.1, -0.05) is 20.3 Å². The van der Waals surface area contributed by atoms with E-state index in [1.807, 2.05) is 13.8 Å². The Labute approximate surface area is 133 Å². The van der Waals surface area contributed by atoms with Gasteiger partial charge in [-0.15, -0.1) is 0 Å². The molecule has 0 saturated carbocycles. The fourth-order valence-corrected chi connectivity index (χ4v) is 3.96. The summed E-state index contributed by atoms with van der Waals surface area (Å²) in [5.74, 6) is 0.972. The molecule has 22 heavy (non-hydrogen) atoms. The normalized spacial score (nSPS) is 21.3. The minimum atomic E-state index is 0.675. The van der Waals surface area contributed by atoms with Crippen molar-refractivity contribution in [3.63, 3.8) is 0 Å². The van der Waals surface area contributed by atoms with Crippen LogP contribution in [0.5, 0.6) is 5.75 Å². The predicted octanol–water partition coefficient (Wildman–Crippen LogP) is 4.16. The molecule has 3 nitrogen and oxygen atoms in total. The molecule has 1 aromatic heterocycles. The predicted molar refractivity (Wildman–Crippen MR) is 92.8 cm³/mol. The summed E-state index contributed by atoms with van der Waals surface area (Å²) in [6.45, 7) is 6.55. The van der Waals surface area contributed by atoms with Crippen molar-refractivity contribution in [1.29, 1.82) is 0 Å². The Morgan fingerprint density at radius 2 is 1.77 bits per heavy atom. The Morgan fingerprint density at radius 1 is 1.05 bits per heavy atom. The number of nitrogens with one attached hydrogen (secondary N) is 1. The Morgan fingerprint density at radius 3 is 2.50 bits per heavy atom. The van der Waals surface area contributed by atoms with Gasteiger partial charge in [0.25, 0.3) is 0 Å². The van der Waals surface area contributed by atoms with E-state index in [4.69, 9.17) is 4.74 Å². The van der Waals surface area contributed by atoms with Gasteiger partial charge in [-0.25, -0.2) is 0 Å². The first-order valence-corrected chi connectivity index (χ1v) is 8.76. The van der Waals surface area contributed by atoms with Gasteiger partial charge in [-0.2, -0.15) is 0 Å². The van der Waals surface area contributed by atoms with Crippen LogP contribution in [-0.2, 0) is 12.8 Å². The van der Waals surface area contributed by atoms with Crippen molar-refractivity contribution in [3.05, 3.63) is 29.5 Å². The zero-order valence-corrected chi connectivity index (χ0v) is 14.1. The molecule has 0 bridgehead atoms. The summed E-state index contributed by atoms with van der Waals surface area (Å²) in [5.41, 5.74) is 4.17. The maximum absolute atomic E-state index is 5.45. The Bertz CT molecular complexity index is 626. The fourth-order valence-electron chi connectivity index (χ4n) is 3.96. The van der Waals surface area contributed by atoms with E-state index >= 15 is 0 Å². The summed E-state index contributed by atoms with van der Waals surface area (Å²) < 4.78 is 5.45. The van der Waals surface area contributed by atoms with Crippen molar-refractivity contribution in [2.75, 3.05) is 20.2 Å². The third-order valence-electron chi connectivity index (χ3n) is 4.97. The largest absolute Gasteiger partial charge is 0.497 e. The Kier molecular flexibility index (Phi) is 4.72. The SMILES string of the molecule is CC.COc1cc2c3c(c[nH]c3c1)CC(N1CCCCC1)C2. The van der Waals surface area contributed by atoms with Crippen LogP contribution in [0.4, 0.5) is 0 Å². The number of benzene rings is 1. The van der Waals surface area contributed by atoms with Crippen molar-refractivity contribution in [3.8, 4) is 5.75 Å². The van der Waals surface area contributed by atoms with Crippen LogP contribution >= 0.6 is 0 Å². The standard InChI is InChI=1S/C17H22N2O.C2H6/c1-20-15-9-12-7-14(19-5-3-2-4-6-19)8-13-11-18-16(10-15)17(12)13;1-2/h9-11,14,18H,2-8H2,1H3;1-2H3. The first kappa shape index (κ1) is 15.4. The van der Waals surface area contributed by atoms with E-state index in [0.717, 1.165) is 5.75 Å². The highest BCUT2D eigenvalue weighted by atomic mass is 16.5. The van der Waals surface area contributed by atoms with Crippen LogP contribution in [0.15, 0.2) is 18.3 Å². The van der Waals surface area contributed by atoms with Crippen LogP contribution in [0.1, 0.15) is 44.2 Å². The highest BCUT2D eigenvalue weighted by molar-refractivity contribution is 5.89. The molecule has 0 amide bonds. The average molecular weight is 300 g/mol. The molecule has 1 aromatic carbocycles. The fraction of sp³-hybridized carbons (Fsp3) is 0.579. The number of piperidine rings is 1. The summed E-state index contributed by atoms with van der Waals surface area (Å²) >= 11 is 0. The number of ether oxygens (including phenoxy) is 1. The number of H-pyrrole nitrogens is 1. The summed E-state index contributed by atoms with van der Waals surface area (Å²) in [7, 11) is 1.75. The van der Waals surface area contributed by atoms with Crippen molar-refractivity contribution >= 4 is 10.9 Å². The molecule has 2 aromatic rings. The van der Waals surface area contributed by atoms with E-state index < -0.39 is 0 Å². The Hall–Kier alpha value is -1.48. The lowest BCUT2D eigenvalue weighted by Crippen LogP contribution is -2.42. The third-order valence-corrected chi connectivity index (χ3v) is 4.97. The maximum atomic E-state index is 5.45. The summed E-state index contributed by atoms with van der Waals surface area (Å²) in [5, 5.41) is 1.44. The summed E-state index contributed by atoms with van der Waals surface area (Å²) in [4.78, 5) is 6.12. The molecule has 2 aliphatic rings. The average Bonchev–Trinajstić information content (AvgIpc) is 3.01. The van der Waals surface area contributed by atoms with Gasteiger partial charge in [-0.3, -0.25) is 4.90 Å². The molecular weight excluding hydrogens is 272 g/mol. The molecule has 1 unspecified atom stereocenters. The molecule has 0 spiro atoms. The van der Waals surface area contributed by atoms with E-state index in [1.165, 1.54) is 67.2 Å². The zero-order valence-electron chi connectivity index (χ0n) is 14.1. The molecule has 1 fully saturated rings. The zero-order chi connectivity index (χ0) is 15.5. The van der Waals surface area contributed by atoms with Crippen LogP contribution < -0.4 is 4.74 Å². The second-order valence-electron chi connectivity index (χ2n) is 6.18. The number of hydrogen-bond donors (Lipinski definition) is 1. The van der Waals surface area contributed by atoms with Gasteiger partial charge in [0.1, 0.15) is 5.75 Å². The van der Waals surface area contributed by atoms with E-state index in [0.29, 0.717) is 6.04 Å². The van der Waals surface area contributed by atoms with E-state index in [9.17, 15) is 0 Å². The molecule has 1 N–H and O–H groups in total. The molecule has 1 saturated heterocycles. The quantitative estimate of drug-likeness (QED) is 0.902. The van der Waals surface area contributed by atoms with Gasteiger partial charge in [-0.05, 0) is 56.0 Å². The maximum Gasteiger partial charge on any atom is 0.121 e. The van der Waals surface area contributed by atoms with Crippen LogP contribution in [0.25, 0.3) is 10.9 Å². The lowest BCUT2D eigenvalue weighted by atomic mass is 9.87. The van der Waals surface area contributed by atoms with E-state index in [1.54, 1.807) is 7.11 Å². The molecular formula is C19H28N2O. The minimum absolute atomic E-state index is 0.675. The first-order chi connectivity index (χ1) is 10.8. The molecule has 2 heterocycles. The number of aromatic nitrogens is 1. The molecule has 1 aliphatic carbocycles. The highest BCUT2D eigenvalue weighted by Crippen LogP contribution is 2.35. The first-order valence-electron chi connectivity index (χ1n) is 8.76. The molecule has 0 radical (unpaired) electrons. The van der Waals surface area contributed by atoms with E-state index in [-0.39, 0.29) is 0 Å². The second kappa shape index (κ2) is 6.74. The second-order valence-corrected chi connectivity index (χ2v) is 6.18. The van der Waals surface area contributed by atoms with Gasteiger partial charge in [0, 0.05) is 29.2 Å². The lowest BCUT2D eigenvalue weighted by molar-refractivity contribution is 0.159. The molecule has 1 atom stereocenters. The van der Waals surface area contributed by atoms with Crippen molar-refractivity contribution < 1.29 is 4.74 Å². The monoisotopic (exact) mass is 300 g/mol. The summed E-state index contributed by atoms with van der Waals surface area (Å²) in [6.07, 6.45) is 8.69. The highest BCUT2D eigenvalue weighted by Gasteiger charge is 2.27. The van der Waals surface area contributed by atoms with Gasteiger partial charge in [0.2, 0.25) is 0 Å². The molecule has 120 valence electrons. The van der Waals surface area contributed by atoms with Crippen molar-refractivity contribution in [1.82, 2.24) is 9.88 Å². The number of nitrogens with zero attached hydrogens (tertiary/aromatic N) is 1. The van der Waals surface area contributed by atoms with Crippen LogP contribution in [0, 0.1) is 0 Å². The minimum Gasteiger partial charge on any atom is -0.497 e. The molecule has 4 rings (SSSR count).